The number of imidazole rings is 1. The van der Waals surface area contributed by atoms with Gasteiger partial charge in [0, 0.05) is 36.9 Å². The van der Waals surface area contributed by atoms with Crippen LogP contribution in [0, 0.1) is 20.8 Å². The summed E-state index contributed by atoms with van der Waals surface area (Å²) in [7, 11) is 0. The Morgan fingerprint density at radius 3 is 2.65 bits per heavy atom. The second-order valence-electron chi connectivity index (χ2n) is 7.36. The van der Waals surface area contributed by atoms with Crippen molar-refractivity contribution in [2.45, 2.75) is 59.5 Å². The summed E-state index contributed by atoms with van der Waals surface area (Å²) in [5, 5.41) is 0. The zero-order valence-corrected chi connectivity index (χ0v) is 15.1. The van der Waals surface area contributed by atoms with Crippen LogP contribution in [0.15, 0.2) is 24.4 Å². The lowest BCUT2D eigenvalue weighted by Gasteiger charge is -2.19. The molecule has 0 amide bonds. The SMILES string of the molecule is Cc1ccc(CN2CCC(c3ncc(C)n3C(C)C)C2)cc1C. The largest absolute Gasteiger partial charge is 0.330 e. The van der Waals surface area contributed by atoms with Crippen molar-refractivity contribution in [2.75, 3.05) is 13.1 Å². The summed E-state index contributed by atoms with van der Waals surface area (Å²) in [4.78, 5) is 7.30. The van der Waals surface area contributed by atoms with Gasteiger partial charge >= 0.3 is 0 Å². The van der Waals surface area contributed by atoms with Crippen molar-refractivity contribution in [2.24, 2.45) is 0 Å². The van der Waals surface area contributed by atoms with E-state index in [9.17, 15) is 0 Å². The molecule has 124 valence electrons. The molecule has 23 heavy (non-hydrogen) atoms. The van der Waals surface area contributed by atoms with Crippen LogP contribution in [0.1, 0.15) is 60.4 Å². The molecular weight excluding hydrogens is 282 g/mol. The first-order valence-corrected chi connectivity index (χ1v) is 8.78. The monoisotopic (exact) mass is 311 g/mol. The van der Waals surface area contributed by atoms with E-state index in [1.165, 1.54) is 41.2 Å². The highest BCUT2D eigenvalue weighted by Gasteiger charge is 2.28. The Kier molecular flexibility index (Phi) is 4.58. The number of rotatable bonds is 4. The first-order valence-electron chi connectivity index (χ1n) is 8.78. The third kappa shape index (κ3) is 3.35. The zero-order valence-electron chi connectivity index (χ0n) is 15.1. The van der Waals surface area contributed by atoms with Gasteiger partial charge in [0.25, 0.3) is 0 Å². The maximum absolute atomic E-state index is 4.72. The van der Waals surface area contributed by atoms with Gasteiger partial charge in [0.2, 0.25) is 0 Å². The molecule has 1 aromatic heterocycles. The molecule has 2 heterocycles. The van der Waals surface area contributed by atoms with Crippen molar-refractivity contribution in [1.29, 1.82) is 0 Å². The van der Waals surface area contributed by atoms with Gasteiger partial charge in [0.1, 0.15) is 5.82 Å². The van der Waals surface area contributed by atoms with Crippen molar-refractivity contribution < 1.29 is 0 Å². The molecule has 0 bridgehead atoms. The smallest absolute Gasteiger partial charge is 0.113 e. The predicted molar refractivity (Wildman–Crippen MR) is 95.9 cm³/mol. The number of likely N-dealkylation sites (tertiary alicyclic amines) is 1. The van der Waals surface area contributed by atoms with E-state index < -0.39 is 0 Å². The van der Waals surface area contributed by atoms with E-state index in [4.69, 9.17) is 4.98 Å². The Bertz CT molecular complexity index is 684. The Labute approximate surface area is 140 Å². The molecule has 1 unspecified atom stereocenters. The molecule has 1 aliphatic rings. The van der Waals surface area contributed by atoms with E-state index in [1.54, 1.807) is 0 Å². The molecule has 1 aromatic carbocycles. The number of hydrogen-bond acceptors (Lipinski definition) is 2. The van der Waals surface area contributed by atoms with Crippen LogP contribution in [0.25, 0.3) is 0 Å². The molecule has 2 aromatic rings. The van der Waals surface area contributed by atoms with Crippen LogP contribution in [0.5, 0.6) is 0 Å². The second-order valence-corrected chi connectivity index (χ2v) is 7.36. The van der Waals surface area contributed by atoms with Crippen molar-refractivity contribution in [1.82, 2.24) is 14.5 Å². The van der Waals surface area contributed by atoms with Crippen LogP contribution in [-0.4, -0.2) is 27.5 Å². The second kappa shape index (κ2) is 6.48. The minimum absolute atomic E-state index is 0.487. The van der Waals surface area contributed by atoms with Gasteiger partial charge < -0.3 is 4.57 Å². The summed E-state index contributed by atoms with van der Waals surface area (Å²) < 4.78 is 2.41. The number of hydrogen-bond donors (Lipinski definition) is 0. The number of aromatic nitrogens is 2. The lowest BCUT2D eigenvalue weighted by Crippen LogP contribution is -2.21. The van der Waals surface area contributed by atoms with Crippen LogP contribution in [-0.2, 0) is 6.54 Å². The van der Waals surface area contributed by atoms with Crippen molar-refractivity contribution in [3.63, 3.8) is 0 Å². The molecule has 0 N–H and O–H groups in total. The normalized spacial score (nSPS) is 19.0. The number of aryl methyl sites for hydroxylation is 3. The van der Waals surface area contributed by atoms with Gasteiger partial charge in [0.15, 0.2) is 0 Å². The Morgan fingerprint density at radius 1 is 1.17 bits per heavy atom. The minimum atomic E-state index is 0.487. The Morgan fingerprint density at radius 2 is 1.96 bits per heavy atom. The average molecular weight is 311 g/mol. The number of benzene rings is 1. The highest BCUT2D eigenvalue weighted by Crippen LogP contribution is 2.30. The molecule has 1 fully saturated rings. The lowest BCUT2D eigenvalue weighted by molar-refractivity contribution is 0.324. The van der Waals surface area contributed by atoms with E-state index in [-0.39, 0.29) is 0 Å². The maximum Gasteiger partial charge on any atom is 0.113 e. The Hall–Kier alpha value is -1.61. The average Bonchev–Trinajstić information content (AvgIpc) is 3.09. The van der Waals surface area contributed by atoms with Crippen molar-refractivity contribution >= 4 is 0 Å². The third-order valence-corrected chi connectivity index (χ3v) is 5.14. The highest BCUT2D eigenvalue weighted by molar-refractivity contribution is 5.30. The summed E-state index contributed by atoms with van der Waals surface area (Å²) >= 11 is 0. The van der Waals surface area contributed by atoms with Gasteiger partial charge in [-0.1, -0.05) is 18.2 Å². The maximum atomic E-state index is 4.72. The summed E-state index contributed by atoms with van der Waals surface area (Å²) in [6.45, 7) is 14.4. The first kappa shape index (κ1) is 16.3. The van der Waals surface area contributed by atoms with Crippen molar-refractivity contribution in [3.05, 3.63) is 52.6 Å². The predicted octanol–water partition coefficient (Wildman–Crippen LogP) is 4.38. The van der Waals surface area contributed by atoms with E-state index >= 15 is 0 Å². The molecular formula is C20H29N3. The van der Waals surface area contributed by atoms with Gasteiger partial charge in [-0.2, -0.15) is 0 Å². The van der Waals surface area contributed by atoms with Crippen LogP contribution < -0.4 is 0 Å². The standard InChI is InChI=1S/C20H29N3/c1-14(2)23-17(5)11-21-20(23)19-8-9-22(13-19)12-18-7-6-15(3)16(4)10-18/h6-7,10-11,14,19H,8-9,12-13H2,1-5H3. The summed E-state index contributed by atoms with van der Waals surface area (Å²) in [6, 6.07) is 7.34. The zero-order chi connectivity index (χ0) is 16.6. The molecule has 0 radical (unpaired) electrons. The molecule has 1 aliphatic heterocycles. The van der Waals surface area contributed by atoms with E-state index in [0.717, 1.165) is 13.1 Å². The number of nitrogens with zero attached hydrogens (tertiary/aromatic N) is 3. The molecule has 1 atom stereocenters. The summed E-state index contributed by atoms with van der Waals surface area (Å²) in [5.74, 6) is 1.85. The van der Waals surface area contributed by atoms with E-state index in [1.807, 2.05) is 6.20 Å². The third-order valence-electron chi connectivity index (χ3n) is 5.14. The molecule has 0 aliphatic carbocycles. The lowest BCUT2D eigenvalue weighted by atomic mass is 10.1. The van der Waals surface area contributed by atoms with Crippen molar-refractivity contribution in [3.8, 4) is 0 Å². The van der Waals surface area contributed by atoms with Crippen LogP contribution in [0.2, 0.25) is 0 Å². The van der Waals surface area contributed by atoms with Gasteiger partial charge in [0.05, 0.1) is 0 Å². The van der Waals surface area contributed by atoms with Crippen LogP contribution >= 0.6 is 0 Å². The molecule has 3 heteroatoms. The van der Waals surface area contributed by atoms with Gasteiger partial charge in [-0.25, -0.2) is 4.98 Å². The minimum Gasteiger partial charge on any atom is -0.330 e. The van der Waals surface area contributed by atoms with Gasteiger partial charge in [-0.05, 0) is 64.3 Å². The van der Waals surface area contributed by atoms with Gasteiger partial charge in [-0.3, -0.25) is 4.90 Å². The van der Waals surface area contributed by atoms with Gasteiger partial charge in [-0.15, -0.1) is 0 Å². The van der Waals surface area contributed by atoms with E-state index in [2.05, 4.69) is 62.3 Å². The summed E-state index contributed by atoms with van der Waals surface area (Å²) in [5.41, 5.74) is 5.48. The Balaban J connectivity index is 1.70. The molecule has 3 nitrogen and oxygen atoms in total. The fourth-order valence-corrected chi connectivity index (χ4v) is 3.79. The van der Waals surface area contributed by atoms with Crippen LogP contribution in [0.3, 0.4) is 0 Å². The molecule has 0 spiro atoms. The fraction of sp³-hybridized carbons (Fsp3) is 0.550. The quantitative estimate of drug-likeness (QED) is 0.835. The van der Waals surface area contributed by atoms with E-state index in [0.29, 0.717) is 12.0 Å². The fourth-order valence-electron chi connectivity index (χ4n) is 3.79. The molecule has 3 rings (SSSR count). The first-order chi connectivity index (χ1) is 11.0. The topological polar surface area (TPSA) is 21.1 Å². The molecule has 0 saturated carbocycles. The summed E-state index contributed by atoms with van der Waals surface area (Å²) in [6.07, 6.45) is 3.25. The highest BCUT2D eigenvalue weighted by atomic mass is 15.2. The van der Waals surface area contributed by atoms with Crippen LogP contribution in [0.4, 0.5) is 0 Å². The molecule has 1 saturated heterocycles.